The molecule has 0 amide bonds. The maximum Gasteiger partial charge on any atom is 0.0953 e. The molecular formula is C14H14N2. The van der Waals surface area contributed by atoms with Crippen molar-refractivity contribution in [2.24, 2.45) is 4.99 Å². The fourth-order valence-corrected chi connectivity index (χ4v) is 2.20. The first kappa shape index (κ1) is 9.40. The summed E-state index contributed by atoms with van der Waals surface area (Å²) in [5, 5.41) is 0. The molecule has 0 radical (unpaired) electrons. The molecule has 0 saturated carbocycles. The normalized spacial score (nSPS) is 16.4. The Labute approximate surface area is 95.3 Å². The number of hydrogen-bond acceptors (Lipinski definition) is 1. The van der Waals surface area contributed by atoms with Crippen LogP contribution in [-0.4, -0.2) is 10.8 Å². The Morgan fingerprint density at radius 3 is 2.75 bits per heavy atom. The summed E-state index contributed by atoms with van der Waals surface area (Å²) in [5.74, 6) is 0. The number of aliphatic imine (C=N–C) groups is 1. The maximum absolute atomic E-state index is 4.66. The lowest BCUT2D eigenvalue weighted by atomic mass is 10.0. The van der Waals surface area contributed by atoms with E-state index in [9.17, 15) is 0 Å². The predicted molar refractivity (Wildman–Crippen MR) is 66.4 cm³/mol. The molecule has 2 heteroatoms. The highest BCUT2D eigenvalue weighted by molar-refractivity contribution is 5.86. The molecular weight excluding hydrogens is 196 g/mol. The van der Waals surface area contributed by atoms with Crippen molar-refractivity contribution in [3.05, 3.63) is 53.9 Å². The number of rotatable bonds is 0. The van der Waals surface area contributed by atoms with E-state index in [1.165, 1.54) is 16.9 Å². The third-order valence-electron chi connectivity index (χ3n) is 3.10. The standard InChI is InChI=1S/C14H14N2/c1-14(2)13-8-5-9-16(13)12-7-4-3-6-11(12)10-15-14/h3-10H,1-2H3. The first-order valence-corrected chi connectivity index (χ1v) is 5.51. The molecule has 2 heterocycles. The van der Waals surface area contributed by atoms with Gasteiger partial charge in [-0.25, -0.2) is 0 Å². The molecule has 0 bridgehead atoms. The van der Waals surface area contributed by atoms with Crippen LogP contribution in [0.1, 0.15) is 25.1 Å². The van der Waals surface area contributed by atoms with Gasteiger partial charge in [-0.2, -0.15) is 0 Å². The molecule has 1 aromatic heterocycles. The predicted octanol–water partition coefficient (Wildman–Crippen LogP) is 3.14. The fraction of sp³-hybridized carbons (Fsp3) is 0.214. The van der Waals surface area contributed by atoms with E-state index in [2.05, 4.69) is 59.9 Å². The van der Waals surface area contributed by atoms with Crippen LogP contribution in [-0.2, 0) is 5.54 Å². The maximum atomic E-state index is 4.66. The van der Waals surface area contributed by atoms with Crippen molar-refractivity contribution in [3.8, 4) is 5.69 Å². The summed E-state index contributed by atoms with van der Waals surface area (Å²) in [7, 11) is 0. The van der Waals surface area contributed by atoms with Gasteiger partial charge in [0.1, 0.15) is 0 Å². The van der Waals surface area contributed by atoms with E-state index in [0.29, 0.717) is 0 Å². The van der Waals surface area contributed by atoms with Gasteiger partial charge in [0.15, 0.2) is 0 Å². The molecule has 0 saturated heterocycles. The molecule has 1 aromatic carbocycles. The van der Waals surface area contributed by atoms with Crippen LogP contribution in [0.15, 0.2) is 47.6 Å². The van der Waals surface area contributed by atoms with Crippen LogP contribution < -0.4 is 0 Å². The van der Waals surface area contributed by atoms with Crippen LogP contribution in [0.5, 0.6) is 0 Å². The Kier molecular flexibility index (Phi) is 1.81. The quantitative estimate of drug-likeness (QED) is 0.635. The minimum Gasteiger partial charge on any atom is -0.318 e. The van der Waals surface area contributed by atoms with Gasteiger partial charge in [0.05, 0.1) is 11.2 Å². The van der Waals surface area contributed by atoms with E-state index in [1.807, 2.05) is 12.3 Å². The van der Waals surface area contributed by atoms with E-state index in [4.69, 9.17) is 0 Å². The van der Waals surface area contributed by atoms with Crippen LogP contribution >= 0.6 is 0 Å². The highest BCUT2D eigenvalue weighted by Gasteiger charge is 2.25. The number of para-hydroxylation sites is 1. The minimum absolute atomic E-state index is 0.164. The van der Waals surface area contributed by atoms with Crippen LogP contribution in [0.3, 0.4) is 0 Å². The van der Waals surface area contributed by atoms with Crippen molar-refractivity contribution >= 4 is 6.21 Å². The number of fused-ring (bicyclic) bond motifs is 3. The summed E-state index contributed by atoms with van der Waals surface area (Å²) in [5.41, 5.74) is 3.44. The highest BCUT2D eigenvalue weighted by atomic mass is 15.0. The Morgan fingerprint density at radius 2 is 1.88 bits per heavy atom. The smallest absolute Gasteiger partial charge is 0.0953 e. The first-order valence-electron chi connectivity index (χ1n) is 5.51. The third kappa shape index (κ3) is 1.23. The highest BCUT2D eigenvalue weighted by Crippen LogP contribution is 2.31. The average Bonchev–Trinajstić information content (AvgIpc) is 2.73. The lowest BCUT2D eigenvalue weighted by Crippen LogP contribution is -2.16. The Bertz CT molecular complexity index is 562. The van der Waals surface area contributed by atoms with Crippen LogP contribution in [0.4, 0.5) is 0 Å². The Balaban J connectivity index is 2.36. The molecule has 16 heavy (non-hydrogen) atoms. The number of hydrogen-bond donors (Lipinski definition) is 0. The molecule has 80 valence electrons. The van der Waals surface area contributed by atoms with Crippen molar-refractivity contribution in [1.29, 1.82) is 0 Å². The fourth-order valence-electron chi connectivity index (χ4n) is 2.20. The van der Waals surface area contributed by atoms with E-state index < -0.39 is 0 Å². The topological polar surface area (TPSA) is 17.3 Å². The van der Waals surface area contributed by atoms with Gasteiger partial charge < -0.3 is 4.57 Å². The van der Waals surface area contributed by atoms with E-state index >= 15 is 0 Å². The molecule has 0 unspecified atom stereocenters. The van der Waals surface area contributed by atoms with Gasteiger partial charge in [0.25, 0.3) is 0 Å². The summed E-state index contributed by atoms with van der Waals surface area (Å²) in [6.07, 6.45) is 4.08. The second kappa shape index (κ2) is 3.08. The molecule has 0 aliphatic carbocycles. The SMILES string of the molecule is CC1(C)N=Cc2ccccc2-n2cccc21. The van der Waals surface area contributed by atoms with Crippen LogP contribution in [0, 0.1) is 0 Å². The van der Waals surface area contributed by atoms with Crippen molar-refractivity contribution in [2.75, 3.05) is 0 Å². The summed E-state index contributed by atoms with van der Waals surface area (Å²) >= 11 is 0. The average molecular weight is 210 g/mol. The van der Waals surface area contributed by atoms with Crippen molar-refractivity contribution in [3.63, 3.8) is 0 Å². The van der Waals surface area contributed by atoms with Crippen molar-refractivity contribution in [1.82, 2.24) is 4.57 Å². The molecule has 0 fully saturated rings. The molecule has 0 spiro atoms. The third-order valence-corrected chi connectivity index (χ3v) is 3.10. The lowest BCUT2D eigenvalue weighted by Gasteiger charge is -2.20. The molecule has 3 rings (SSSR count). The van der Waals surface area contributed by atoms with Crippen molar-refractivity contribution < 1.29 is 0 Å². The van der Waals surface area contributed by atoms with Gasteiger partial charge in [0, 0.05) is 23.7 Å². The van der Waals surface area contributed by atoms with Gasteiger partial charge in [-0.3, -0.25) is 4.99 Å². The minimum atomic E-state index is -0.164. The second-order valence-corrected chi connectivity index (χ2v) is 4.64. The summed E-state index contributed by atoms with van der Waals surface area (Å²) in [6, 6.07) is 12.6. The Morgan fingerprint density at radius 1 is 1.06 bits per heavy atom. The first-order chi connectivity index (χ1) is 7.68. The van der Waals surface area contributed by atoms with Gasteiger partial charge in [-0.05, 0) is 32.0 Å². The molecule has 1 aliphatic heterocycles. The molecule has 1 aliphatic rings. The van der Waals surface area contributed by atoms with Gasteiger partial charge in [0.2, 0.25) is 0 Å². The largest absolute Gasteiger partial charge is 0.318 e. The zero-order chi connectivity index (χ0) is 11.2. The molecule has 0 atom stereocenters. The van der Waals surface area contributed by atoms with Gasteiger partial charge in [-0.1, -0.05) is 18.2 Å². The number of aromatic nitrogens is 1. The zero-order valence-electron chi connectivity index (χ0n) is 9.51. The monoisotopic (exact) mass is 210 g/mol. The molecule has 2 aromatic rings. The Hall–Kier alpha value is -1.83. The zero-order valence-corrected chi connectivity index (χ0v) is 9.51. The lowest BCUT2D eigenvalue weighted by molar-refractivity contribution is 0.534. The second-order valence-electron chi connectivity index (χ2n) is 4.64. The van der Waals surface area contributed by atoms with E-state index in [1.54, 1.807) is 0 Å². The van der Waals surface area contributed by atoms with Crippen molar-refractivity contribution in [2.45, 2.75) is 19.4 Å². The summed E-state index contributed by atoms with van der Waals surface area (Å²) < 4.78 is 2.22. The molecule has 2 nitrogen and oxygen atoms in total. The van der Waals surface area contributed by atoms with Gasteiger partial charge in [-0.15, -0.1) is 0 Å². The van der Waals surface area contributed by atoms with Gasteiger partial charge >= 0.3 is 0 Å². The number of benzene rings is 1. The van der Waals surface area contributed by atoms with E-state index in [0.717, 1.165) is 0 Å². The van der Waals surface area contributed by atoms with E-state index in [-0.39, 0.29) is 5.54 Å². The summed E-state index contributed by atoms with van der Waals surface area (Å²) in [6.45, 7) is 4.28. The van der Waals surface area contributed by atoms with Crippen LogP contribution in [0.2, 0.25) is 0 Å². The molecule has 0 N–H and O–H groups in total. The number of nitrogens with zero attached hydrogens (tertiary/aromatic N) is 2. The van der Waals surface area contributed by atoms with Crippen LogP contribution in [0.25, 0.3) is 5.69 Å². The summed E-state index contributed by atoms with van der Waals surface area (Å²) in [4.78, 5) is 4.66.